The molecule has 2 aromatic heterocycles. The second-order valence-corrected chi connectivity index (χ2v) is 9.44. The van der Waals surface area contributed by atoms with Gasteiger partial charge >= 0.3 is 6.01 Å². The number of pyridine rings is 1. The maximum atomic E-state index is 12.3. The molecule has 0 bridgehead atoms. The van der Waals surface area contributed by atoms with Crippen LogP contribution in [0.5, 0.6) is 11.8 Å². The summed E-state index contributed by atoms with van der Waals surface area (Å²) in [5.74, 6) is 0.542. The standard InChI is InChI=1S/C20H23N5O4S/c1-12(2)30(27,28)24-19-21-18(15-7-9-17(26)25(5)11-15)22-20(23-19)29-16-8-6-13(3)10-14(16)4/h6-12H,1-5H3,(H,21,22,23,24). The minimum atomic E-state index is -3.68. The molecule has 158 valence electrons. The fourth-order valence-electron chi connectivity index (χ4n) is 2.56. The molecule has 10 heteroatoms. The minimum Gasteiger partial charge on any atom is -0.424 e. The molecule has 0 atom stereocenters. The van der Waals surface area contributed by atoms with Crippen molar-refractivity contribution in [3.05, 3.63) is 58.0 Å². The van der Waals surface area contributed by atoms with E-state index in [1.807, 2.05) is 26.0 Å². The maximum Gasteiger partial charge on any atom is 0.327 e. The van der Waals surface area contributed by atoms with Crippen molar-refractivity contribution in [3.8, 4) is 23.1 Å². The number of sulfonamides is 1. The molecule has 0 saturated heterocycles. The van der Waals surface area contributed by atoms with Gasteiger partial charge in [0, 0.05) is 24.9 Å². The molecule has 0 amide bonds. The molecule has 30 heavy (non-hydrogen) atoms. The molecule has 0 spiro atoms. The lowest BCUT2D eigenvalue weighted by atomic mass is 10.1. The normalized spacial score (nSPS) is 11.5. The molecule has 1 N–H and O–H groups in total. The lowest BCUT2D eigenvalue weighted by molar-refractivity contribution is 0.438. The van der Waals surface area contributed by atoms with Crippen molar-refractivity contribution in [1.29, 1.82) is 0 Å². The lowest BCUT2D eigenvalue weighted by Gasteiger charge is -2.13. The van der Waals surface area contributed by atoms with Gasteiger partial charge in [-0.15, -0.1) is 0 Å². The van der Waals surface area contributed by atoms with Gasteiger partial charge in [0.25, 0.3) is 0 Å². The highest BCUT2D eigenvalue weighted by atomic mass is 32.2. The van der Waals surface area contributed by atoms with Crippen LogP contribution < -0.4 is 15.0 Å². The summed E-state index contributed by atoms with van der Waals surface area (Å²) in [7, 11) is -2.08. The van der Waals surface area contributed by atoms with Crippen LogP contribution in [0.25, 0.3) is 11.4 Å². The fourth-order valence-corrected chi connectivity index (χ4v) is 3.14. The molecule has 0 fully saturated rings. The monoisotopic (exact) mass is 429 g/mol. The van der Waals surface area contributed by atoms with E-state index in [4.69, 9.17) is 4.74 Å². The molecule has 0 aliphatic heterocycles. The van der Waals surface area contributed by atoms with Crippen molar-refractivity contribution in [1.82, 2.24) is 19.5 Å². The summed E-state index contributed by atoms with van der Waals surface area (Å²) >= 11 is 0. The van der Waals surface area contributed by atoms with E-state index in [1.54, 1.807) is 39.2 Å². The van der Waals surface area contributed by atoms with Crippen molar-refractivity contribution < 1.29 is 13.2 Å². The summed E-state index contributed by atoms with van der Waals surface area (Å²) in [6.07, 6.45) is 1.55. The van der Waals surface area contributed by atoms with Gasteiger partial charge in [0.15, 0.2) is 5.82 Å². The number of nitrogens with zero attached hydrogens (tertiary/aromatic N) is 4. The number of rotatable bonds is 6. The number of hydrogen-bond donors (Lipinski definition) is 1. The number of ether oxygens (including phenoxy) is 1. The van der Waals surface area contributed by atoms with E-state index >= 15 is 0 Å². The van der Waals surface area contributed by atoms with Gasteiger partial charge in [-0.05, 0) is 45.4 Å². The van der Waals surface area contributed by atoms with E-state index in [-0.39, 0.29) is 23.3 Å². The average Bonchev–Trinajstić information content (AvgIpc) is 2.65. The topological polar surface area (TPSA) is 116 Å². The van der Waals surface area contributed by atoms with E-state index < -0.39 is 15.3 Å². The minimum absolute atomic E-state index is 0.0673. The Kier molecular flexibility index (Phi) is 5.88. The molecule has 9 nitrogen and oxygen atoms in total. The van der Waals surface area contributed by atoms with Crippen LogP contribution in [0.4, 0.5) is 5.95 Å². The first-order valence-corrected chi connectivity index (χ1v) is 10.8. The summed E-state index contributed by atoms with van der Waals surface area (Å²) in [5.41, 5.74) is 2.27. The van der Waals surface area contributed by atoms with E-state index in [0.717, 1.165) is 11.1 Å². The molecule has 3 aromatic rings. The highest BCUT2D eigenvalue weighted by Crippen LogP contribution is 2.26. The van der Waals surface area contributed by atoms with Crippen LogP contribution in [0.1, 0.15) is 25.0 Å². The largest absolute Gasteiger partial charge is 0.424 e. The van der Waals surface area contributed by atoms with Crippen LogP contribution in [0.2, 0.25) is 0 Å². The smallest absolute Gasteiger partial charge is 0.327 e. The van der Waals surface area contributed by atoms with Gasteiger partial charge in [-0.3, -0.25) is 9.52 Å². The van der Waals surface area contributed by atoms with Gasteiger partial charge in [0.05, 0.1) is 5.25 Å². The molecular weight excluding hydrogens is 406 g/mol. The quantitative estimate of drug-likeness (QED) is 0.640. The highest BCUT2D eigenvalue weighted by Gasteiger charge is 2.20. The number of aryl methyl sites for hydroxylation is 3. The molecule has 3 rings (SSSR count). The van der Waals surface area contributed by atoms with E-state index in [1.165, 1.54) is 10.6 Å². The first kappa shape index (κ1) is 21.4. The third-order valence-corrected chi connectivity index (χ3v) is 6.05. The molecular formula is C20H23N5O4S. The Labute approximate surface area is 174 Å². The van der Waals surface area contributed by atoms with E-state index in [9.17, 15) is 13.2 Å². The predicted molar refractivity (Wildman–Crippen MR) is 114 cm³/mol. The highest BCUT2D eigenvalue weighted by molar-refractivity contribution is 7.93. The SMILES string of the molecule is Cc1ccc(Oc2nc(NS(=O)(=O)C(C)C)nc(-c3ccc(=O)n(C)c3)n2)c(C)c1. The Morgan fingerprint density at radius 1 is 1.07 bits per heavy atom. The van der Waals surface area contributed by atoms with Gasteiger partial charge < -0.3 is 9.30 Å². The van der Waals surface area contributed by atoms with Gasteiger partial charge in [-0.1, -0.05) is 17.7 Å². The average molecular weight is 430 g/mol. The lowest BCUT2D eigenvalue weighted by Crippen LogP contribution is -2.24. The fraction of sp³-hybridized carbons (Fsp3) is 0.300. The van der Waals surface area contributed by atoms with Crippen LogP contribution in [0.15, 0.2) is 41.3 Å². The first-order valence-electron chi connectivity index (χ1n) is 9.25. The van der Waals surface area contributed by atoms with Crippen LogP contribution in [0.3, 0.4) is 0 Å². The van der Waals surface area contributed by atoms with Crippen molar-refractivity contribution in [2.24, 2.45) is 7.05 Å². The zero-order chi connectivity index (χ0) is 22.1. The van der Waals surface area contributed by atoms with Crippen molar-refractivity contribution in [2.75, 3.05) is 4.72 Å². The second kappa shape index (κ2) is 8.23. The molecule has 0 aliphatic rings. The maximum absolute atomic E-state index is 12.3. The van der Waals surface area contributed by atoms with Crippen LogP contribution in [-0.2, 0) is 17.1 Å². The Morgan fingerprint density at radius 3 is 2.43 bits per heavy atom. The molecule has 0 unspecified atom stereocenters. The molecule has 1 aromatic carbocycles. The van der Waals surface area contributed by atoms with Gasteiger partial charge in [-0.2, -0.15) is 15.0 Å². The van der Waals surface area contributed by atoms with Crippen molar-refractivity contribution in [2.45, 2.75) is 32.9 Å². The molecule has 0 aliphatic carbocycles. The Morgan fingerprint density at radius 2 is 1.80 bits per heavy atom. The summed E-state index contributed by atoms with van der Waals surface area (Å²) in [6, 6.07) is 8.49. The summed E-state index contributed by atoms with van der Waals surface area (Å²) < 4.78 is 34.2. The van der Waals surface area contributed by atoms with Gasteiger partial charge in [-0.25, -0.2) is 8.42 Å². The van der Waals surface area contributed by atoms with E-state index in [2.05, 4.69) is 19.7 Å². The number of nitrogens with one attached hydrogen (secondary N) is 1. The van der Waals surface area contributed by atoms with Crippen LogP contribution in [-0.4, -0.2) is 33.2 Å². The number of aromatic nitrogens is 4. The Hall–Kier alpha value is -3.27. The molecule has 0 radical (unpaired) electrons. The predicted octanol–water partition coefficient (Wildman–Crippen LogP) is 2.80. The number of benzene rings is 1. The Balaban J connectivity index is 2.09. The summed E-state index contributed by atoms with van der Waals surface area (Å²) in [5, 5.41) is -0.682. The zero-order valence-corrected chi connectivity index (χ0v) is 18.2. The van der Waals surface area contributed by atoms with Crippen LogP contribution in [0, 0.1) is 13.8 Å². The van der Waals surface area contributed by atoms with E-state index in [0.29, 0.717) is 11.3 Å². The number of anilines is 1. The molecule has 0 saturated carbocycles. The summed E-state index contributed by atoms with van der Waals surface area (Å²) in [4.78, 5) is 24.3. The Bertz CT molecular complexity index is 1250. The third kappa shape index (κ3) is 4.82. The molecule has 2 heterocycles. The summed E-state index contributed by atoms with van der Waals surface area (Å²) in [6.45, 7) is 6.95. The van der Waals surface area contributed by atoms with Gasteiger partial charge in [0.1, 0.15) is 5.75 Å². The number of hydrogen-bond acceptors (Lipinski definition) is 7. The first-order chi connectivity index (χ1) is 14.0. The van der Waals surface area contributed by atoms with Crippen molar-refractivity contribution in [3.63, 3.8) is 0 Å². The second-order valence-electron chi connectivity index (χ2n) is 7.20. The van der Waals surface area contributed by atoms with Crippen LogP contribution >= 0.6 is 0 Å². The van der Waals surface area contributed by atoms with Gasteiger partial charge in [0.2, 0.25) is 21.5 Å². The van der Waals surface area contributed by atoms with Crippen molar-refractivity contribution >= 4 is 16.0 Å². The zero-order valence-electron chi connectivity index (χ0n) is 17.4. The third-order valence-electron chi connectivity index (χ3n) is 4.34.